The van der Waals surface area contributed by atoms with E-state index in [-0.39, 0.29) is 6.54 Å². The van der Waals surface area contributed by atoms with Crippen LogP contribution in [0.2, 0.25) is 0 Å². The molecule has 0 aliphatic heterocycles. The normalized spacial score (nSPS) is 10.7. The minimum Gasteiger partial charge on any atom is -0.344 e. The molecule has 0 bridgehead atoms. The van der Waals surface area contributed by atoms with Crippen molar-refractivity contribution in [1.82, 2.24) is 24.9 Å². The highest BCUT2D eigenvalue weighted by Crippen LogP contribution is 2.18. The van der Waals surface area contributed by atoms with Gasteiger partial charge in [-0.2, -0.15) is 10.2 Å². The summed E-state index contributed by atoms with van der Waals surface area (Å²) in [5.41, 5.74) is 3.94. The Morgan fingerprint density at radius 2 is 1.88 bits per heavy atom. The predicted octanol–water partition coefficient (Wildman–Crippen LogP) is 1.21. The van der Waals surface area contributed by atoms with Gasteiger partial charge in [0.25, 0.3) is 0 Å². The van der Waals surface area contributed by atoms with Crippen LogP contribution in [0.4, 0.5) is 5.69 Å². The highest BCUT2D eigenvalue weighted by Gasteiger charge is 2.18. The number of nitrogens with one attached hydrogen (secondary N) is 2. The maximum atomic E-state index is 12.1. The van der Waals surface area contributed by atoms with Crippen molar-refractivity contribution >= 4 is 17.5 Å². The maximum Gasteiger partial charge on any atom is 0.313 e. The molecule has 24 heavy (non-hydrogen) atoms. The molecule has 2 aromatic rings. The maximum absolute atomic E-state index is 12.1. The average Bonchev–Trinajstić information content (AvgIpc) is 3.00. The van der Waals surface area contributed by atoms with Gasteiger partial charge in [0.2, 0.25) is 0 Å². The Labute approximate surface area is 141 Å². The first-order valence-electron chi connectivity index (χ1n) is 7.95. The van der Waals surface area contributed by atoms with Gasteiger partial charge in [0, 0.05) is 31.4 Å². The molecule has 2 N–H and O–H groups in total. The second-order valence-corrected chi connectivity index (χ2v) is 5.78. The molecule has 0 atom stereocenters. The number of aromatic nitrogens is 4. The van der Waals surface area contributed by atoms with E-state index in [0.717, 1.165) is 29.9 Å². The van der Waals surface area contributed by atoms with E-state index in [4.69, 9.17) is 0 Å². The van der Waals surface area contributed by atoms with Gasteiger partial charge < -0.3 is 10.6 Å². The summed E-state index contributed by atoms with van der Waals surface area (Å²) < 4.78 is 3.55. The van der Waals surface area contributed by atoms with Crippen molar-refractivity contribution in [1.29, 1.82) is 0 Å². The molecule has 0 fully saturated rings. The van der Waals surface area contributed by atoms with Crippen LogP contribution < -0.4 is 10.6 Å². The molecule has 2 heterocycles. The summed E-state index contributed by atoms with van der Waals surface area (Å²) in [5.74, 6) is -1.38. The van der Waals surface area contributed by atoms with E-state index in [1.807, 2.05) is 18.5 Å². The third-order valence-electron chi connectivity index (χ3n) is 4.03. The van der Waals surface area contributed by atoms with Gasteiger partial charge in [-0.3, -0.25) is 19.0 Å². The number of carbonyl (C=O) groups excluding carboxylic acids is 2. The summed E-state index contributed by atoms with van der Waals surface area (Å²) in [6, 6.07) is 0. The van der Waals surface area contributed by atoms with Crippen LogP contribution in [0.1, 0.15) is 36.0 Å². The van der Waals surface area contributed by atoms with E-state index in [0.29, 0.717) is 11.4 Å². The molecule has 0 aromatic carbocycles. The number of aryl methyl sites for hydroxylation is 3. The van der Waals surface area contributed by atoms with E-state index in [1.165, 1.54) is 0 Å². The van der Waals surface area contributed by atoms with Gasteiger partial charge in [0.1, 0.15) is 0 Å². The van der Waals surface area contributed by atoms with E-state index < -0.39 is 11.8 Å². The van der Waals surface area contributed by atoms with Crippen LogP contribution in [0.5, 0.6) is 0 Å². The van der Waals surface area contributed by atoms with Gasteiger partial charge in [-0.25, -0.2) is 0 Å². The van der Waals surface area contributed by atoms with Crippen molar-refractivity contribution in [2.24, 2.45) is 7.05 Å². The van der Waals surface area contributed by atoms with Crippen LogP contribution in [-0.4, -0.2) is 31.4 Å². The SMILES string of the molecule is CCCn1ncc(CNC(=O)C(=O)Nc2c(C)nn(C)c2C)c1C. The molecule has 8 nitrogen and oxygen atoms in total. The quantitative estimate of drug-likeness (QED) is 0.805. The number of hydrogen-bond acceptors (Lipinski definition) is 4. The van der Waals surface area contributed by atoms with Gasteiger partial charge in [0.05, 0.1) is 23.3 Å². The van der Waals surface area contributed by atoms with Crippen molar-refractivity contribution in [3.8, 4) is 0 Å². The Kier molecular flexibility index (Phi) is 5.38. The lowest BCUT2D eigenvalue weighted by molar-refractivity contribution is -0.136. The number of anilines is 1. The zero-order chi connectivity index (χ0) is 17.9. The van der Waals surface area contributed by atoms with Crippen LogP contribution in [-0.2, 0) is 29.7 Å². The monoisotopic (exact) mass is 332 g/mol. The highest BCUT2D eigenvalue weighted by molar-refractivity contribution is 6.39. The Balaban J connectivity index is 1.96. The lowest BCUT2D eigenvalue weighted by Crippen LogP contribution is -2.35. The molecular weight excluding hydrogens is 308 g/mol. The molecule has 0 aliphatic carbocycles. The van der Waals surface area contributed by atoms with Gasteiger partial charge in [-0.1, -0.05) is 6.92 Å². The number of carbonyl (C=O) groups is 2. The molecule has 0 saturated heterocycles. The fourth-order valence-electron chi connectivity index (χ4n) is 2.48. The second-order valence-electron chi connectivity index (χ2n) is 5.78. The van der Waals surface area contributed by atoms with Crippen molar-refractivity contribution in [2.45, 2.75) is 47.2 Å². The predicted molar refractivity (Wildman–Crippen MR) is 90.4 cm³/mol. The minimum absolute atomic E-state index is 0.271. The number of rotatable bonds is 5. The van der Waals surface area contributed by atoms with Crippen LogP contribution in [0.15, 0.2) is 6.20 Å². The lowest BCUT2D eigenvalue weighted by atomic mass is 10.2. The number of nitrogens with zero attached hydrogens (tertiary/aromatic N) is 4. The first-order chi connectivity index (χ1) is 11.3. The molecule has 0 aliphatic rings. The van der Waals surface area contributed by atoms with E-state index in [9.17, 15) is 9.59 Å². The third-order valence-corrected chi connectivity index (χ3v) is 4.03. The second kappa shape index (κ2) is 7.29. The Morgan fingerprint density at radius 1 is 1.17 bits per heavy atom. The summed E-state index contributed by atoms with van der Waals surface area (Å²) in [7, 11) is 1.79. The topological polar surface area (TPSA) is 93.8 Å². The molecule has 130 valence electrons. The van der Waals surface area contributed by atoms with E-state index in [1.54, 1.807) is 24.9 Å². The summed E-state index contributed by atoms with van der Waals surface area (Å²) in [4.78, 5) is 24.1. The molecule has 0 radical (unpaired) electrons. The molecular formula is C16H24N6O2. The van der Waals surface area contributed by atoms with Crippen LogP contribution in [0.25, 0.3) is 0 Å². The van der Waals surface area contributed by atoms with E-state index >= 15 is 0 Å². The van der Waals surface area contributed by atoms with Gasteiger partial charge >= 0.3 is 11.8 Å². The zero-order valence-corrected chi connectivity index (χ0v) is 14.8. The Bertz CT molecular complexity index is 759. The lowest BCUT2D eigenvalue weighted by Gasteiger charge is -2.07. The van der Waals surface area contributed by atoms with Crippen molar-refractivity contribution in [3.05, 3.63) is 28.8 Å². The Hall–Kier alpha value is -2.64. The fourth-order valence-corrected chi connectivity index (χ4v) is 2.48. The summed E-state index contributed by atoms with van der Waals surface area (Å²) in [6.07, 6.45) is 2.71. The molecule has 0 saturated carbocycles. The van der Waals surface area contributed by atoms with Crippen LogP contribution >= 0.6 is 0 Å². The molecule has 2 amide bonds. The summed E-state index contributed by atoms with van der Waals surface area (Å²) in [6.45, 7) is 8.75. The summed E-state index contributed by atoms with van der Waals surface area (Å²) >= 11 is 0. The standard InChI is InChI=1S/C16H24N6O2/c1-6-7-22-11(3)13(9-18-22)8-17-15(23)16(24)19-14-10(2)20-21(5)12(14)4/h9H,6-8H2,1-5H3,(H,17,23)(H,19,24). The van der Waals surface area contributed by atoms with Crippen molar-refractivity contribution in [3.63, 3.8) is 0 Å². The number of hydrogen-bond donors (Lipinski definition) is 2. The third kappa shape index (κ3) is 3.64. The molecule has 0 unspecified atom stereocenters. The molecule has 2 aromatic heterocycles. The minimum atomic E-state index is -0.701. The van der Waals surface area contributed by atoms with Crippen molar-refractivity contribution in [2.75, 3.05) is 5.32 Å². The molecule has 0 spiro atoms. The summed E-state index contributed by atoms with van der Waals surface area (Å²) in [5, 5.41) is 13.7. The fraction of sp³-hybridized carbons (Fsp3) is 0.500. The molecule has 2 rings (SSSR count). The van der Waals surface area contributed by atoms with Crippen LogP contribution in [0.3, 0.4) is 0 Å². The van der Waals surface area contributed by atoms with Crippen molar-refractivity contribution < 1.29 is 9.59 Å². The van der Waals surface area contributed by atoms with Gasteiger partial charge in [-0.05, 0) is 27.2 Å². The Morgan fingerprint density at radius 3 is 2.46 bits per heavy atom. The van der Waals surface area contributed by atoms with Gasteiger partial charge in [-0.15, -0.1) is 0 Å². The smallest absolute Gasteiger partial charge is 0.313 e. The first-order valence-corrected chi connectivity index (χ1v) is 7.95. The largest absolute Gasteiger partial charge is 0.344 e. The first kappa shape index (κ1) is 17.7. The highest BCUT2D eigenvalue weighted by atomic mass is 16.2. The number of amides is 2. The van der Waals surface area contributed by atoms with Crippen LogP contribution in [0, 0.1) is 20.8 Å². The van der Waals surface area contributed by atoms with Gasteiger partial charge in [0.15, 0.2) is 0 Å². The molecule has 8 heteroatoms. The average molecular weight is 332 g/mol. The zero-order valence-electron chi connectivity index (χ0n) is 14.8. The van der Waals surface area contributed by atoms with E-state index in [2.05, 4.69) is 27.8 Å².